The van der Waals surface area contributed by atoms with Crippen LogP contribution in [-0.4, -0.2) is 23.5 Å². The van der Waals surface area contributed by atoms with E-state index in [0.717, 1.165) is 29.4 Å². The van der Waals surface area contributed by atoms with E-state index in [1.54, 1.807) is 0 Å². The van der Waals surface area contributed by atoms with Crippen LogP contribution in [0.2, 0.25) is 0 Å². The zero-order valence-corrected chi connectivity index (χ0v) is 14.3. The summed E-state index contributed by atoms with van der Waals surface area (Å²) in [6.07, 6.45) is 4.28. The predicted octanol–water partition coefficient (Wildman–Crippen LogP) is 4.30. The lowest BCUT2D eigenvalue weighted by Crippen LogP contribution is -2.42. The van der Waals surface area contributed by atoms with Crippen molar-refractivity contribution < 1.29 is 4.79 Å². The van der Waals surface area contributed by atoms with Gasteiger partial charge in [-0.05, 0) is 24.3 Å². The molecule has 1 aliphatic heterocycles. The number of nitrogens with one attached hydrogen (secondary N) is 1. The summed E-state index contributed by atoms with van der Waals surface area (Å²) in [4.78, 5) is 14.3. The normalized spacial score (nSPS) is 19.1. The van der Waals surface area contributed by atoms with Crippen LogP contribution in [0.1, 0.15) is 32.3 Å². The Morgan fingerprint density at radius 1 is 1.43 bits per heavy atom. The van der Waals surface area contributed by atoms with Crippen LogP contribution in [0.4, 0.5) is 4.79 Å². The molecular weight excluding hydrogens is 328 g/mol. The zero-order chi connectivity index (χ0) is 15.2. The summed E-state index contributed by atoms with van der Waals surface area (Å²) in [5.74, 6) is 0.481. The van der Waals surface area contributed by atoms with E-state index in [0.29, 0.717) is 12.5 Å². The molecule has 1 unspecified atom stereocenters. The summed E-state index contributed by atoms with van der Waals surface area (Å²) >= 11 is 3.65. The lowest BCUT2D eigenvalue weighted by Gasteiger charge is -2.25. The first-order valence-electron chi connectivity index (χ1n) is 7.53. The minimum atomic E-state index is 0.0236. The molecule has 0 spiro atoms. The number of allylic oxidation sites excluding steroid dienone is 1. The Bertz CT molecular complexity index is 499. The molecule has 0 radical (unpaired) electrons. The van der Waals surface area contributed by atoms with Crippen molar-refractivity contribution in [2.75, 3.05) is 6.54 Å². The highest BCUT2D eigenvalue weighted by Gasteiger charge is 2.30. The molecule has 1 aliphatic rings. The number of carbonyl (C=O) groups excluding carboxylic acids is 1. The van der Waals surface area contributed by atoms with E-state index in [2.05, 4.69) is 41.2 Å². The number of hydrogen-bond acceptors (Lipinski definition) is 1. The van der Waals surface area contributed by atoms with Crippen molar-refractivity contribution in [2.45, 2.75) is 39.3 Å². The van der Waals surface area contributed by atoms with Gasteiger partial charge < -0.3 is 10.2 Å². The number of urea groups is 1. The van der Waals surface area contributed by atoms with Crippen LogP contribution in [0.25, 0.3) is 0 Å². The molecule has 1 saturated heterocycles. The van der Waals surface area contributed by atoms with Crippen LogP contribution in [0.15, 0.2) is 40.9 Å². The van der Waals surface area contributed by atoms with Crippen LogP contribution in [0, 0.1) is 5.92 Å². The van der Waals surface area contributed by atoms with Gasteiger partial charge in [0.05, 0.1) is 6.04 Å². The highest BCUT2D eigenvalue weighted by Crippen LogP contribution is 2.28. The lowest BCUT2D eigenvalue weighted by atomic mass is 10.1. The number of likely N-dealkylation sites (tertiary alicyclic amines) is 1. The Labute approximate surface area is 135 Å². The van der Waals surface area contributed by atoms with Gasteiger partial charge in [-0.3, -0.25) is 0 Å². The van der Waals surface area contributed by atoms with Gasteiger partial charge in [0.15, 0.2) is 0 Å². The fraction of sp³-hybridized carbons (Fsp3) is 0.471. The first-order valence-corrected chi connectivity index (χ1v) is 8.33. The average molecular weight is 351 g/mol. The second-order valence-electron chi connectivity index (χ2n) is 5.79. The molecule has 21 heavy (non-hydrogen) atoms. The van der Waals surface area contributed by atoms with E-state index < -0.39 is 0 Å². The van der Waals surface area contributed by atoms with E-state index in [-0.39, 0.29) is 12.1 Å². The summed E-state index contributed by atoms with van der Waals surface area (Å²) in [6, 6.07) is 10.2. The number of nitrogens with zero attached hydrogens (tertiary/aromatic N) is 1. The van der Waals surface area contributed by atoms with Gasteiger partial charge in [-0.2, -0.15) is 0 Å². The fourth-order valence-corrected chi connectivity index (χ4v) is 3.61. The minimum absolute atomic E-state index is 0.0236. The summed E-state index contributed by atoms with van der Waals surface area (Å²) in [6.45, 7) is 5.70. The van der Waals surface area contributed by atoms with Crippen LogP contribution in [0.3, 0.4) is 0 Å². The third-order valence-corrected chi connectivity index (χ3v) is 4.40. The van der Waals surface area contributed by atoms with Gasteiger partial charge >= 0.3 is 6.03 Å². The highest BCUT2D eigenvalue weighted by atomic mass is 79.9. The number of benzene rings is 1. The molecule has 0 saturated carbocycles. The van der Waals surface area contributed by atoms with E-state index >= 15 is 0 Å². The van der Waals surface area contributed by atoms with Gasteiger partial charge in [0.1, 0.15) is 0 Å². The Morgan fingerprint density at radius 3 is 2.81 bits per heavy atom. The Morgan fingerprint density at radius 2 is 2.14 bits per heavy atom. The van der Waals surface area contributed by atoms with Crippen molar-refractivity contribution >= 4 is 22.0 Å². The highest BCUT2D eigenvalue weighted by molar-refractivity contribution is 9.11. The van der Waals surface area contributed by atoms with Crippen molar-refractivity contribution in [3.05, 3.63) is 46.5 Å². The van der Waals surface area contributed by atoms with E-state index in [1.807, 2.05) is 35.2 Å². The van der Waals surface area contributed by atoms with Crippen LogP contribution >= 0.6 is 15.9 Å². The molecule has 114 valence electrons. The zero-order valence-electron chi connectivity index (χ0n) is 12.7. The number of rotatable bonds is 4. The molecule has 2 rings (SSSR count). The quantitative estimate of drug-likeness (QED) is 0.862. The SMILES string of the molecule is CC(C)/C=C(\Br)C1CCCN1C(=O)NCc1ccccc1. The van der Waals surface area contributed by atoms with Gasteiger partial charge in [-0.25, -0.2) is 4.79 Å². The molecule has 1 N–H and O–H groups in total. The summed E-state index contributed by atoms with van der Waals surface area (Å²) in [5.41, 5.74) is 1.12. The maximum atomic E-state index is 12.4. The predicted molar refractivity (Wildman–Crippen MR) is 90.3 cm³/mol. The maximum Gasteiger partial charge on any atom is 0.318 e. The topological polar surface area (TPSA) is 32.3 Å². The van der Waals surface area contributed by atoms with Crippen LogP contribution in [-0.2, 0) is 6.54 Å². The van der Waals surface area contributed by atoms with Crippen molar-refractivity contribution in [2.24, 2.45) is 5.92 Å². The monoisotopic (exact) mass is 350 g/mol. The van der Waals surface area contributed by atoms with E-state index in [9.17, 15) is 4.79 Å². The van der Waals surface area contributed by atoms with E-state index in [4.69, 9.17) is 0 Å². The molecule has 4 heteroatoms. The van der Waals surface area contributed by atoms with Crippen molar-refractivity contribution in [1.82, 2.24) is 10.2 Å². The molecule has 1 fully saturated rings. The smallest absolute Gasteiger partial charge is 0.318 e. The van der Waals surface area contributed by atoms with Crippen LogP contribution < -0.4 is 5.32 Å². The average Bonchev–Trinajstić information content (AvgIpc) is 2.95. The number of amides is 2. The molecule has 3 nitrogen and oxygen atoms in total. The lowest BCUT2D eigenvalue weighted by molar-refractivity contribution is 0.199. The van der Waals surface area contributed by atoms with Gasteiger partial charge in [0.25, 0.3) is 0 Å². The molecule has 1 atom stereocenters. The van der Waals surface area contributed by atoms with Crippen LogP contribution in [0.5, 0.6) is 0 Å². The molecule has 2 amide bonds. The first-order chi connectivity index (χ1) is 10.1. The number of carbonyl (C=O) groups is 1. The third kappa shape index (κ3) is 4.60. The molecule has 0 aromatic heterocycles. The van der Waals surface area contributed by atoms with E-state index in [1.165, 1.54) is 0 Å². The Balaban J connectivity index is 1.95. The number of hydrogen-bond donors (Lipinski definition) is 1. The number of halogens is 1. The molecule has 1 heterocycles. The Hall–Kier alpha value is -1.29. The molecule has 0 bridgehead atoms. The van der Waals surface area contributed by atoms with Gasteiger partial charge in [-0.15, -0.1) is 0 Å². The second kappa shape index (κ2) is 7.64. The largest absolute Gasteiger partial charge is 0.334 e. The standard InChI is InChI=1S/C17H23BrN2O/c1-13(2)11-15(18)16-9-6-10-20(16)17(21)19-12-14-7-4-3-5-8-14/h3-5,7-8,11,13,16H,6,9-10,12H2,1-2H3,(H,19,21)/b15-11-. The van der Waals surface area contributed by atoms with Gasteiger partial charge in [0.2, 0.25) is 0 Å². The summed E-state index contributed by atoms with van der Waals surface area (Å²) < 4.78 is 1.13. The first kappa shape index (κ1) is 16.1. The molecule has 0 aliphatic carbocycles. The van der Waals surface area contributed by atoms with Gasteiger partial charge in [0, 0.05) is 17.6 Å². The summed E-state index contributed by atoms with van der Waals surface area (Å²) in [7, 11) is 0. The second-order valence-corrected chi connectivity index (χ2v) is 6.71. The van der Waals surface area contributed by atoms with Gasteiger partial charge in [-0.1, -0.05) is 66.2 Å². The fourth-order valence-electron chi connectivity index (χ4n) is 2.60. The third-order valence-electron chi connectivity index (χ3n) is 3.61. The van der Waals surface area contributed by atoms with Crippen molar-refractivity contribution in [3.8, 4) is 0 Å². The maximum absolute atomic E-state index is 12.4. The van der Waals surface area contributed by atoms with Crippen molar-refractivity contribution in [3.63, 3.8) is 0 Å². The Kier molecular flexibility index (Phi) is 5.85. The molecular formula is C17H23BrN2O. The minimum Gasteiger partial charge on any atom is -0.334 e. The van der Waals surface area contributed by atoms with Crippen molar-refractivity contribution in [1.29, 1.82) is 0 Å². The molecule has 1 aromatic carbocycles. The molecule has 1 aromatic rings. The summed E-state index contributed by atoms with van der Waals surface area (Å²) in [5, 5.41) is 3.02.